The average molecular weight is 433 g/mol. The van der Waals surface area contributed by atoms with E-state index in [1.54, 1.807) is 23.6 Å². The first kappa shape index (κ1) is 23.1. The lowest BCUT2D eigenvalue weighted by Crippen LogP contribution is -2.54. The summed E-state index contributed by atoms with van der Waals surface area (Å²) >= 11 is 0. The molecule has 0 unspecified atom stereocenters. The minimum atomic E-state index is -0.894. The number of carbonyl (C=O) groups is 3. The van der Waals surface area contributed by atoms with Crippen molar-refractivity contribution in [2.75, 3.05) is 26.2 Å². The van der Waals surface area contributed by atoms with Gasteiger partial charge in [0.1, 0.15) is 12.2 Å². The van der Waals surface area contributed by atoms with Crippen molar-refractivity contribution >= 4 is 18.0 Å². The summed E-state index contributed by atoms with van der Waals surface area (Å²) in [6, 6.07) is 8.99. The predicted octanol–water partition coefficient (Wildman–Crippen LogP) is 2.60. The zero-order valence-electron chi connectivity index (χ0n) is 18.9. The van der Waals surface area contributed by atoms with E-state index in [9.17, 15) is 14.4 Å². The molecule has 0 N–H and O–H groups in total. The summed E-state index contributed by atoms with van der Waals surface area (Å²) in [6.45, 7) is 10.2. The average Bonchev–Trinajstić information content (AvgIpc) is 3.00. The van der Waals surface area contributed by atoms with Gasteiger partial charge in [-0.25, -0.2) is 4.79 Å². The molecule has 0 bridgehead atoms. The summed E-state index contributed by atoms with van der Waals surface area (Å²) in [7, 11) is 0. The fourth-order valence-corrected chi connectivity index (χ4v) is 3.77. The van der Waals surface area contributed by atoms with Crippen LogP contribution in [0.2, 0.25) is 0 Å². The van der Waals surface area contributed by atoms with Crippen LogP contribution in [-0.4, -0.2) is 71.8 Å². The second-order valence-electron chi connectivity index (χ2n) is 9.70. The molecule has 8 heteroatoms. The number of fused-ring (bicyclic) bond motifs is 1. The monoisotopic (exact) mass is 432 g/mol. The number of amides is 2. The smallest absolute Gasteiger partial charge is 0.410 e. The van der Waals surface area contributed by atoms with E-state index in [1.807, 2.05) is 51.1 Å². The molecule has 2 aliphatic rings. The van der Waals surface area contributed by atoms with Gasteiger partial charge in [-0.3, -0.25) is 14.5 Å². The normalized spacial score (nSPS) is 21.6. The van der Waals surface area contributed by atoms with Crippen LogP contribution in [0.3, 0.4) is 0 Å². The van der Waals surface area contributed by atoms with Crippen LogP contribution in [0.5, 0.6) is 0 Å². The molecule has 0 saturated carbocycles. The molecule has 1 aromatic carbocycles. The number of likely N-dealkylation sites (tertiary alicyclic amines) is 1. The summed E-state index contributed by atoms with van der Waals surface area (Å²) in [5.41, 5.74) is -0.613. The Morgan fingerprint density at radius 3 is 2.45 bits per heavy atom. The highest BCUT2D eigenvalue weighted by atomic mass is 16.6. The molecule has 0 aromatic heterocycles. The van der Waals surface area contributed by atoms with Crippen LogP contribution >= 0.6 is 0 Å². The molecule has 2 fully saturated rings. The van der Waals surface area contributed by atoms with E-state index in [0.717, 1.165) is 5.56 Å². The zero-order chi connectivity index (χ0) is 22.8. The van der Waals surface area contributed by atoms with Gasteiger partial charge in [0.25, 0.3) is 5.91 Å². The third kappa shape index (κ3) is 5.55. The van der Waals surface area contributed by atoms with Gasteiger partial charge >= 0.3 is 12.1 Å². The number of carbonyl (C=O) groups excluding carboxylic acids is 3. The van der Waals surface area contributed by atoms with Gasteiger partial charge in [0, 0.05) is 19.6 Å². The zero-order valence-corrected chi connectivity index (χ0v) is 18.9. The number of esters is 1. The van der Waals surface area contributed by atoms with Crippen LogP contribution in [0.15, 0.2) is 30.3 Å². The van der Waals surface area contributed by atoms with Crippen LogP contribution in [0.4, 0.5) is 4.79 Å². The molecule has 2 heterocycles. The molecule has 0 radical (unpaired) electrons. The van der Waals surface area contributed by atoms with Crippen molar-refractivity contribution in [1.29, 1.82) is 0 Å². The molecular formula is C23H32N2O6. The highest BCUT2D eigenvalue weighted by Gasteiger charge is 2.50. The maximum Gasteiger partial charge on any atom is 0.410 e. The van der Waals surface area contributed by atoms with Gasteiger partial charge < -0.3 is 19.1 Å². The van der Waals surface area contributed by atoms with E-state index in [0.29, 0.717) is 6.54 Å². The molecule has 2 amide bonds. The van der Waals surface area contributed by atoms with Gasteiger partial charge in [-0.2, -0.15) is 0 Å². The number of hydrogen-bond acceptors (Lipinski definition) is 6. The Labute approximate surface area is 183 Å². The first-order chi connectivity index (χ1) is 14.5. The second-order valence-corrected chi connectivity index (χ2v) is 9.70. The lowest BCUT2D eigenvalue weighted by molar-refractivity contribution is -0.167. The number of nitrogens with zero attached hydrogens (tertiary/aromatic N) is 2. The molecule has 170 valence electrons. The molecule has 3 rings (SSSR count). The van der Waals surface area contributed by atoms with Crippen LogP contribution in [0.1, 0.15) is 40.2 Å². The van der Waals surface area contributed by atoms with E-state index in [1.165, 1.54) is 0 Å². The number of morpholine rings is 1. The Morgan fingerprint density at radius 2 is 1.81 bits per heavy atom. The molecule has 0 aliphatic carbocycles. The molecular weight excluding hydrogens is 400 g/mol. The fraction of sp³-hybridized carbons (Fsp3) is 0.609. The largest absolute Gasteiger partial charge is 0.460 e. The van der Waals surface area contributed by atoms with Gasteiger partial charge in [0.05, 0.1) is 18.1 Å². The topological polar surface area (TPSA) is 85.4 Å². The molecule has 0 spiro atoms. The van der Waals surface area contributed by atoms with Crippen molar-refractivity contribution in [3.63, 3.8) is 0 Å². The minimum absolute atomic E-state index is 0.164. The number of rotatable bonds is 5. The molecule has 31 heavy (non-hydrogen) atoms. The highest BCUT2D eigenvalue weighted by molar-refractivity contribution is 5.86. The van der Waals surface area contributed by atoms with Gasteiger partial charge in [-0.05, 0) is 40.2 Å². The quantitative estimate of drug-likeness (QED) is 0.665. The van der Waals surface area contributed by atoms with Gasteiger partial charge in [-0.15, -0.1) is 0 Å². The Bertz CT molecular complexity index is 817. The van der Waals surface area contributed by atoms with Crippen molar-refractivity contribution < 1.29 is 28.6 Å². The number of benzene rings is 1. The Balaban J connectivity index is 1.64. The summed E-state index contributed by atoms with van der Waals surface area (Å²) in [4.78, 5) is 41.4. The SMILES string of the molecule is CC(C)(C)OC(=O)C(C)(C)CN1C[C@@H]2[C@@H](OCCN2C(=O)OCc2ccccc2)C1=O. The van der Waals surface area contributed by atoms with Crippen LogP contribution in [0.25, 0.3) is 0 Å². The molecule has 1 aromatic rings. The van der Waals surface area contributed by atoms with Gasteiger partial charge in [-0.1, -0.05) is 30.3 Å². The van der Waals surface area contributed by atoms with E-state index < -0.39 is 29.3 Å². The van der Waals surface area contributed by atoms with E-state index in [2.05, 4.69) is 0 Å². The third-order valence-electron chi connectivity index (χ3n) is 5.32. The third-order valence-corrected chi connectivity index (χ3v) is 5.32. The first-order valence-electron chi connectivity index (χ1n) is 10.6. The highest BCUT2D eigenvalue weighted by Crippen LogP contribution is 2.29. The molecule has 2 saturated heterocycles. The minimum Gasteiger partial charge on any atom is -0.460 e. The van der Waals surface area contributed by atoms with Gasteiger partial charge in [0.15, 0.2) is 6.10 Å². The molecule has 2 atom stereocenters. The Hall–Kier alpha value is -2.61. The number of hydrogen-bond donors (Lipinski definition) is 0. The maximum atomic E-state index is 12.9. The summed E-state index contributed by atoms with van der Waals surface area (Å²) in [5, 5.41) is 0. The van der Waals surface area contributed by atoms with Gasteiger partial charge in [0.2, 0.25) is 0 Å². The van der Waals surface area contributed by atoms with Crippen LogP contribution in [-0.2, 0) is 30.4 Å². The number of ether oxygens (including phenoxy) is 3. The van der Waals surface area contributed by atoms with Crippen LogP contribution in [0, 0.1) is 5.41 Å². The summed E-state index contributed by atoms with van der Waals surface area (Å²) in [6.07, 6.45) is -1.21. The summed E-state index contributed by atoms with van der Waals surface area (Å²) in [5.74, 6) is -0.593. The van der Waals surface area contributed by atoms with E-state index in [4.69, 9.17) is 14.2 Å². The van der Waals surface area contributed by atoms with Crippen molar-refractivity contribution in [1.82, 2.24) is 9.80 Å². The molecule has 8 nitrogen and oxygen atoms in total. The standard InChI is InChI=1S/C23H32N2O6/c1-22(2,3)31-20(27)23(4,5)15-24-13-17-18(19(24)26)29-12-11-25(17)21(28)30-14-16-9-7-6-8-10-16/h6-10,17-18H,11-15H2,1-5H3/t17-,18-/m1/s1. The van der Waals surface area contributed by atoms with Crippen molar-refractivity contribution in [3.8, 4) is 0 Å². The lowest BCUT2D eigenvalue weighted by atomic mass is 9.92. The lowest BCUT2D eigenvalue weighted by Gasteiger charge is -2.35. The first-order valence-corrected chi connectivity index (χ1v) is 10.6. The molecule has 2 aliphatic heterocycles. The van der Waals surface area contributed by atoms with E-state index >= 15 is 0 Å². The van der Waals surface area contributed by atoms with Crippen LogP contribution < -0.4 is 0 Å². The van der Waals surface area contributed by atoms with Crippen molar-refractivity contribution in [2.24, 2.45) is 5.41 Å². The summed E-state index contributed by atoms with van der Waals surface area (Å²) < 4.78 is 16.7. The van der Waals surface area contributed by atoms with E-state index in [-0.39, 0.29) is 38.2 Å². The maximum absolute atomic E-state index is 12.9. The predicted molar refractivity (Wildman–Crippen MR) is 113 cm³/mol. The Kier molecular flexibility index (Phi) is 6.59. The van der Waals surface area contributed by atoms with Crippen molar-refractivity contribution in [2.45, 2.75) is 59.0 Å². The van der Waals surface area contributed by atoms with Crippen molar-refractivity contribution in [3.05, 3.63) is 35.9 Å². The second kappa shape index (κ2) is 8.86. The fourth-order valence-electron chi connectivity index (χ4n) is 3.77. The Morgan fingerprint density at radius 1 is 1.13 bits per heavy atom.